The van der Waals surface area contributed by atoms with Crippen LogP contribution in [0.25, 0.3) is 0 Å². The molecule has 0 radical (unpaired) electrons. The van der Waals surface area contributed by atoms with Crippen LogP contribution < -0.4 is 15.4 Å². The minimum absolute atomic E-state index is 0.0425. The minimum atomic E-state index is -3.90. The van der Waals surface area contributed by atoms with E-state index in [2.05, 4.69) is 15.4 Å². The number of likely N-dealkylation sites (tertiary alicyclic amines) is 1. The number of carboxylic acids is 1. The van der Waals surface area contributed by atoms with Crippen LogP contribution in [0.5, 0.6) is 0 Å². The highest BCUT2D eigenvalue weighted by molar-refractivity contribution is 8.21. The van der Waals surface area contributed by atoms with Gasteiger partial charge in [0, 0.05) is 48.6 Å². The van der Waals surface area contributed by atoms with Crippen molar-refractivity contribution in [3.63, 3.8) is 0 Å². The van der Waals surface area contributed by atoms with Gasteiger partial charge in [0.05, 0.1) is 27.4 Å². The first-order valence-corrected chi connectivity index (χ1v) is 22.2. The zero-order chi connectivity index (χ0) is 35.4. The van der Waals surface area contributed by atoms with Crippen LogP contribution in [0.4, 0.5) is 5.69 Å². The number of halogens is 1. The van der Waals surface area contributed by atoms with Gasteiger partial charge < -0.3 is 25.5 Å². The SMILES string of the molecule is CN1Sc2cc(S(=O)(=O)NCc3ccccc3)c(Cl)cc2NC1CC(=O)NCCCCP(=O)(O)CC(=O)N1CC2(CC1C(=O)O)SCCS2. The average Bonchev–Trinajstić information content (AvgIpc) is 3.67. The fourth-order valence-electron chi connectivity index (χ4n) is 5.82. The number of carbonyl (C=O) groups is 3. The van der Waals surface area contributed by atoms with E-state index in [0.717, 1.165) is 17.1 Å². The molecule has 5 rings (SSSR count). The van der Waals surface area contributed by atoms with Crippen molar-refractivity contribution in [3.05, 3.63) is 53.1 Å². The Morgan fingerprint density at radius 3 is 2.55 bits per heavy atom. The predicted octanol–water partition coefficient (Wildman–Crippen LogP) is 3.93. The first-order chi connectivity index (χ1) is 23.2. The van der Waals surface area contributed by atoms with Crippen LogP contribution in [0, 0.1) is 0 Å². The molecule has 3 heterocycles. The summed E-state index contributed by atoms with van der Waals surface area (Å²) in [4.78, 5) is 49.9. The molecule has 0 aromatic heterocycles. The van der Waals surface area contributed by atoms with Gasteiger partial charge in [0.2, 0.25) is 29.2 Å². The molecule has 49 heavy (non-hydrogen) atoms. The summed E-state index contributed by atoms with van der Waals surface area (Å²) in [5, 5.41) is 15.8. The second-order valence-electron chi connectivity index (χ2n) is 12.1. The number of rotatable bonds is 14. The number of nitrogens with zero attached hydrogens (tertiary/aromatic N) is 2. The molecule has 2 aromatic carbocycles. The molecule has 5 N–H and O–H groups in total. The van der Waals surface area contributed by atoms with Crippen molar-refractivity contribution in [1.82, 2.24) is 19.2 Å². The van der Waals surface area contributed by atoms with Crippen LogP contribution >= 0.6 is 54.4 Å². The van der Waals surface area contributed by atoms with Crippen LogP contribution in [-0.2, 0) is 35.5 Å². The maximum atomic E-state index is 13.0. The number of amides is 2. The molecule has 13 nitrogen and oxygen atoms in total. The largest absolute Gasteiger partial charge is 0.480 e. The number of unbranched alkanes of at least 4 members (excludes halogenated alkanes) is 1. The van der Waals surface area contributed by atoms with Crippen molar-refractivity contribution in [1.29, 1.82) is 0 Å². The summed E-state index contributed by atoms with van der Waals surface area (Å²) in [6.45, 7) is 0.632. The van der Waals surface area contributed by atoms with Gasteiger partial charge in [-0.3, -0.25) is 14.2 Å². The van der Waals surface area contributed by atoms with Gasteiger partial charge in [-0.05, 0) is 49.5 Å². The smallest absolute Gasteiger partial charge is 0.326 e. The third kappa shape index (κ3) is 9.89. The summed E-state index contributed by atoms with van der Waals surface area (Å²) in [5.74, 6) is -0.203. The van der Waals surface area contributed by atoms with E-state index in [0.29, 0.717) is 29.8 Å². The highest BCUT2D eigenvalue weighted by Crippen LogP contribution is 2.52. The predicted molar refractivity (Wildman–Crippen MR) is 195 cm³/mol. The molecule has 2 aromatic rings. The van der Waals surface area contributed by atoms with E-state index in [1.54, 1.807) is 30.6 Å². The molecule has 2 saturated heterocycles. The summed E-state index contributed by atoms with van der Waals surface area (Å²) < 4.78 is 42.9. The number of thioether (sulfide) groups is 2. The first kappa shape index (κ1) is 38.3. The molecule has 0 aliphatic carbocycles. The summed E-state index contributed by atoms with van der Waals surface area (Å²) in [6, 6.07) is 11.2. The lowest BCUT2D eigenvalue weighted by molar-refractivity contribution is -0.147. The van der Waals surface area contributed by atoms with Gasteiger partial charge in [0.25, 0.3) is 0 Å². The monoisotopic (exact) mass is 791 g/mol. The van der Waals surface area contributed by atoms with E-state index in [9.17, 15) is 37.4 Å². The molecule has 2 amide bonds. The number of carboxylic acid groups (broad SMARTS) is 1. The Balaban J connectivity index is 1.05. The Kier molecular flexibility index (Phi) is 12.6. The first-order valence-electron chi connectivity index (χ1n) is 15.6. The molecule has 2 fully saturated rings. The third-order valence-electron chi connectivity index (χ3n) is 8.36. The third-order valence-corrected chi connectivity index (χ3v) is 16.5. The number of fused-ring (bicyclic) bond motifs is 1. The zero-order valence-corrected chi connectivity index (χ0v) is 31.6. The van der Waals surface area contributed by atoms with Crippen molar-refractivity contribution in [2.45, 2.75) is 58.3 Å². The lowest BCUT2D eigenvalue weighted by Crippen LogP contribution is -2.42. The topological polar surface area (TPSA) is 185 Å². The second-order valence-corrected chi connectivity index (χ2v) is 21.1. The molecule has 3 atom stereocenters. The highest BCUT2D eigenvalue weighted by atomic mass is 35.5. The molecular formula is C30H39ClN5O8PS4. The fraction of sp³-hybridized carbons (Fsp3) is 0.500. The van der Waals surface area contributed by atoms with E-state index in [1.165, 1.54) is 29.0 Å². The molecule has 3 aliphatic rings. The van der Waals surface area contributed by atoms with Crippen molar-refractivity contribution in [2.75, 3.05) is 49.3 Å². The van der Waals surface area contributed by atoms with Crippen molar-refractivity contribution in [3.8, 4) is 0 Å². The molecule has 1 spiro atoms. The molecule has 19 heteroatoms. The number of hydrogen-bond donors (Lipinski definition) is 5. The van der Waals surface area contributed by atoms with E-state index < -0.39 is 47.6 Å². The van der Waals surface area contributed by atoms with E-state index in [4.69, 9.17) is 11.6 Å². The van der Waals surface area contributed by atoms with Gasteiger partial charge in [0.1, 0.15) is 17.1 Å². The molecule has 3 aliphatic heterocycles. The minimum Gasteiger partial charge on any atom is -0.480 e. The molecule has 268 valence electrons. The Morgan fingerprint density at radius 2 is 1.86 bits per heavy atom. The van der Waals surface area contributed by atoms with Crippen LogP contribution in [0.1, 0.15) is 31.2 Å². The van der Waals surface area contributed by atoms with E-state index >= 15 is 0 Å². The normalized spacial score (nSPS) is 21.6. The van der Waals surface area contributed by atoms with E-state index in [-0.39, 0.29) is 52.1 Å². The Morgan fingerprint density at radius 1 is 1.14 bits per heavy atom. The lowest BCUT2D eigenvalue weighted by atomic mass is 10.2. The number of nitrogens with one attached hydrogen (secondary N) is 3. The maximum Gasteiger partial charge on any atom is 0.326 e. The van der Waals surface area contributed by atoms with Crippen molar-refractivity contribution < 1.29 is 37.4 Å². The van der Waals surface area contributed by atoms with Gasteiger partial charge in [-0.1, -0.05) is 41.9 Å². The van der Waals surface area contributed by atoms with Crippen LogP contribution in [0.2, 0.25) is 5.02 Å². The fourth-order valence-corrected chi connectivity index (χ4v) is 13.1. The Bertz CT molecular complexity index is 1720. The molecular weight excluding hydrogens is 753 g/mol. The second kappa shape index (κ2) is 16.2. The zero-order valence-electron chi connectivity index (χ0n) is 26.7. The molecule has 3 unspecified atom stereocenters. The maximum absolute atomic E-state index is 13.0. The number of carbonyl (C=O) groups excluding carboxylic acids is 2. The number of hydrogen-bond acceptors (Lipinski definition) is 11. The highest BCUT2D eigenvalue weighted by Gasteiger charge is 2.51. The van der Waals surface area contributed by atoms with Gasteiger partial charge in [-0.2, -0.15) is 0 Å². The van der Waals surface area contributed by atoms with Crippen molar-refractivity contribution >= 4 is 87.9 Å². The van der Waals surface area contributed by atoms with Crippen LogP contribution in [0.3, 0.4) is 0 Å². The van der Waals surface area contributed by atoms with E-state index in [1.807, 2.05) is 34.6 Å². The van der Waals surface area contributed by atoms with Crippen LogP contribution in [0.15, 0.2) is 52.3 Å². The Hall–Kier alpha value is -1.95. The quantitative estimate of drug-likeness (QED) is 0.105. The van der Waals surface area contributed by atoms with Gasteiger partial charge >= 0.3 is 5.97 Å². The van der Waals surface area contributed by atoms with Gasteiger partial charge in [-0.25, -0.2) is 22.2 Å². The van der Waals surface area contributed by atoms with Crippen molar-refractivity contribution in [2.24, 2.45) is 0 Å². The number of sulfonamides is 1. The molecule has 0 saturated carbocycles. The van der Waals surface area contributed by atoms with Gasteiger partial charge in [0.15, 0.2) is 0 Å². The van der Waals surface area contributed by atoms with Gasteiger partial charge in [-0.15, -0.1) is 23.5 Å². The molecule has 0 bridgehead atoms. The summed E-state index contributed by atoms with van der Waals surface area (Å²) in [5.41, 5.74) is 1.41. The average molecular weight is 792 g/mol. The number of aliphatic carboxylic acids is 1. The van der Waals surface area contributed by atoms with Crippen LogP contribution in [-0.4, -0.2) is 106 Å². The number of anilines is 1. The summed E-state index contributed by atoms with van der Waals surface area (Å²) >= 11 is 11.0. The summed E-state index contributed by atoms with van der Waals surface area (Å²) in [7, 11) is -5.97. The standard InChI is InChI=1S/C30H39ClN5O8PS4/c1-35-26(34-22-13-21(31)25(14-24(22)48-35)49(43,44)33-17-20-7-3-2-4-8-20)15-27(37)32-9-5-6-10-45(41,42)18-28(38)36-19-30(46-11-12-47-30)16-23(36)29(39)40/h2-4,7-8,13-14,23,26,33-34H,5-6,9-12,15-19H2,1H3,(H,32,37)(H,39,40)(H,41,42). The lowest BCUT2D eigenvalue weighted by Gasteiger charge is -2.34. The Labute approximate surface area is 303 Å². The number of benzene rings is 2. The summed E-state index contributed by atoms with van der Waals surface area (Å²) in [6.07, 6.45) is -0.0263.